The van der Waals surface area contributed by atoms with Crippen LogP contribution in [0.1, 0.15) is 76.0 Å². The largest absolute Gasteiger partial charge is 0.461 e. The van der Waals surface area contributed by atoms with Crippen molar-refractivity contribution in [3.8, 4) is 24.0 Å². The predicted molar refractivity (Wildman–Crippen MR) is 265 cm³/mol. The molecule has 3 heteroatoms. The monoisotopic (exact) mass is 794 g/mol. The minimum atomic E-state index is 0.922. The quantitative estimate of drug-likeness (QED) is 0.132. The van der Waals surface area contributed by atoms with Crippen LogP contribution in [0.15, 0.2) is 143 Å². The summed E-state index contributed by atoms with van der Waals surface area (Å²) in [5.74, 6) is 0.922. The van der Waals surface area contributed by atoms with Gasteiger partial charge in [-0.25, -0.2) is 0 Å². The van der Waals surface area contributed by atoms with Crippen molar-refractivity contribution in [2.75, 3.05) is 0 Å². The summed E-state index contributed by atoms with van der Waals surface area (Å²) < 4.78 is 14.6. The number of rotatable bonds is 3. The molecule has 59 heavy (non-hydrogen) atoms. The van der Waals surface area contributed by atoms with E-state index in [1.54, 1.807) is 17.4 Å². The molecular formula is C56H58O2S. The molecular weight excluding hydrogens is 737 g/mol. The number of fused-ring (bicyclic) bond motifs is 7. The summed E-state index contributed by atoms with van der Waals surface area (Å²) in [5.41, 5.74) is 11.4. The predicted octanol–water partition coefficient (Wildman–Crippen LogP) is 16.1. The van der Waals surface area contributed by atoms with Gasteiger partial charge in [-0.05, 0) is 108 Å². The summed E-state index contributed by atoms with van der Waals surface area (Å²) in [4.78, 5) is 0. The van der Waals surface area contributed by atoms with Gasteiger partial charge in [0.2, 0.25) is 0 Å². The molecule has 9 aromatic rings. The molecule has 0 bridgehead atoms. The van der Waals surface area contributed by atoms with Gasteiger partial charge in [-0.1, -0.05) is 150 Å². The Morgan fingerprint density at radius 2 is 1.29 bits per heavy atom. The second-order valence-electron chi connectivity index (χ2n) is 13.8. The third kappa shape index (κ3) is 9.52. The summed E-state index contributed by atoms with van der Waals surface area (Å²) in [7, 11) is 0. The molecule has 300 valence electrons. The first-order chi connectivity index (χ1) is 28.7. The highest BCUT2D eigenvalue weighted by Gasteiger charge is 2.15. The van der Waals surface area contributed by atoms with Crippen molar-refractivity contribution in [1.29, 1.82) is 0 Å². The van der Waals surface area contributed by atoms with Crippen molar-refractivity contribution >= 4 is 83.3 Å². The SMILES string of the molecule is C#C.C=CC.C=Cc1c(C)oc2ccc3cc(C)c(-c4ccccc4C)cc3c12.C=c1/c(=C(\C)c2cccc3c2oc2ccccc23)sc2ccccc12.CC.CCC. The lowest BCUT2D eigenvalue weighted by atomic mass is 9.92. The van der Waals surface area contributed by atoms with E-state index in [1.165, 1.54) is 70.4 Å². The number of hydrogen-bond acceptors (Lipinski definition) is 3. The van der Waals surface area contributed by atoms with E-state index in [-0.39, 0.29) is 0 Å². The highest BCUT2D eigenvalue weighted by atomic mass is 32.1. The zero-order valence-electron chi connectivity index (χ0n) is 36.3. The third-order valence-corrected chi connectivity index (χ3v) is 11.1. The van der Waals surface area contributed by atoms with Gasteiger partial charge >= 0.3 is 0 Å². The maximum absolute atomic E-state index is 6.20. The fourth-order valence-corrected chi connectivity index (χ4v) is 8.37. The summed E-state index contributed by atoms with van der Waals surface area (Å²) in [6, 6.07) is 40.4. The van der Waals surface area contributed by atoms with Gasteiger partial charge in [0.05, 0.1) is 0 Å². The van der Waals surface area contributed by atoms with Crippen molar-refractivity contribution < 1.29 is 8.83 Å². The number of hydrogen-bond donors (Lipinski definition) is 0. The normalized spacial score (nSPS) is 10.8. The molecule has 0 saturated heterocycles. The van der Waals surface area contributed by atoms with Crippen molar-refractivity contribution in [3.05, 3.63) is 172 Å². The number of aryl methyl sites for hydroxylation is 3. The van der Waals surface area contributed by atoms with Crippen LogP contribution < -0.4 is 9.75 Å². The number of para-hydroxylation sites is 2. The number of benzene rings is 6. The lowest BCUT2D eigenvalue weighted by Gasteiger charge is -2.12. The summed E-state index contributed by atoms with van der Waals surface area (Å²) in [5, 5.41) is 8.29. The van der Waals surface area contributed by atoms with Crippen LogP contribution in [-0.2, 0) is 0 Å². The molecule has 2 nitrogen and oxygen atoms in total. The van der Waals surface area contributed by atoms with Crippen molar-refractivity contribution in [2.24, 2.45) is 0 Å². The molecule has 0 fully saturated rings. The molecule has 9 rings (SSSR count). The van der Waals surface area contributed by atoms with E-state index in [4.69, 9.17) is 8.83 Å². The first kappa shape index (κ1) is 45.4. The number of furan rings is 2. The second kappa shape index (κ2) is 21.4. The Kier molecular flexibility index (Phi) is 16.5. The number of thiophene rings is 1. The zero-order chi connectivity index (χ0) is 43.2. The minimum Gasteiger partial charge on any atom is -0.461 e. The van der Waals surface area contributed by atoms with Gasteiger partial charge < -0.3 is 8.83 Å². The Balaban J connectivity index is 0.000000215. The Bertz CT molecular complexity index is 2980. The van der Waals surface area contributed by atoms with Crippen LogP contribution in [-0.4, -0.2) is 0 Å². The van der Waals surface area contributed by atoms with Crippen LogP contribution in [0.4, 0.5) is 0 Å². The van der Waals surface area contributed by atoms with Crippen molar-refractivity contribution in [1.82, 2.24) is 0 Å². The van der Waals surface area contributed by atoms with Crippen LogP contribution in [0.2, 0.25) is 0 Å². The highest BCUT2D eigenvalue weighted by Crippen LogP contribution is 2.38. The lowest BCUT2D eigenvalue weighted by Crippen LogP contribution is -2.19. The lowest BCUT2D eigenvalue weighted by molar-refractivity contribution is 0.577. The smallest absolute Gasteiger partial charge is 0.142 e. The van der Waals surface area contributed by atoms with Crippen LogP contribution in [0.25, 0.3) is 83.1 Å². The van der Waals surface area contributed by atoms with Gasteiger partial charge in [-0.3, -0.25) is 0 Å². The molecule has 0 aliphatic heterocycles. The molecule has 3 heterocycles. The minimum absolute atomic E-state index is 0.922. The first-order valence-electron chi connectivity index (χ1n) is 20.3. The Labute approximate surface area is 355 Å². The number of terminal acetylenes is 1. The molecule has 0 atom stereocenters. The Morgan fingerprint density at radius 1 is 0.678 bits per heavy atom. The second-order valence-corrected chi connectivity index (χ2v) is 14.9. The molecule has 0 spiro atoms. The average Bonchev–Trinajstić information content (AvgIpc) is 3.93. The Morgan fingerprint density at radius 3 is 1.95 bits per heavy atom. The van der Waals surface area contributed by atoms with Crippen molar-refractivity contribution in [3.63, 3.8) is 0 Å². The maximum Gasteiger partial charge on any atom is 0.142 e. The third-order valence-electron chi connectivity index (χ3n) is 9.72. The van der Waals surface area contributed by atoms with E-state index < -0.39 is 0 Å². The van der Waals surface area contributed by atoms with Gasteiger partial charge in [-0.2, -0.15) is 0 Å². The van der Waals surface area contributed by atoms with E-state index in [9.17, 15) is 0 Å². The summed E-state index contributed by atoms with van der Waals surface area (Å²) in [6.45, 7) is 30.3. The maximum atomic E-state index is 6.20. The van der Waals surface area contributed by atoms with Gasteiger partial charge in [-0.15, -0.1) is 30.8 Å². The van der Waals surface area contributed by atoms with Crippen LogP contribution in [0.3, 0.4) is 0 Å². The average molecular weight is 795 g/mol. The van der Waals surface area contributed by atoms with Crippen LogP contribution >= 0.6 is 11.3 Å². The van der Waals surface area contributed by atoms with E-state index in [0.717, 1.165) is 44.2 Å². The Hall–Kier alpha value is -6.34. The van der Waals surface area contributed by atoms with Crippen LogP contribution in [0, 0.1) is 33.6 Å². The van der Waals surface area contributed by atoms with Gasteiger partial charge in [0.15, 0.2) is 0 Å². The standard InChI is InChI=1S/C23H16OS.C23H20O.C3H8.C3H6.C2H6.C2H2/c1-14-16-8-4-6-13-21(16)25-23(14)15(2)17-10-7-11-19-18-9-3-5-12-20(18)24-22(17)19;1-5-18-16(4)24-22-11-10-17-12-15(3)20(13-21(17)23(18)22)19-9-7-6-8-14(19)2;2*1-3-2;2*1-2/h3-13H,1H2,2H3;5-13H,1H2,2-4H3;3H2,1-2H3;3H,1H2,2H3;1-2H3;1-2H/b23-15-;;;;;. The molecule has 0 aliphatic carbocycles. The van der Waals surface area contributed by atoms with E-state index >= 15 is 0 Å². The molecule has 3 aromatic heterocycles. The van der Waals surface area contributed by atoms with E-state index in [2.05, 4.69) is 170 Å². The fraction of sp³-hybridized carbons (Fsp3) is 0.179. The molecule has 0 aliphatic rings. The van der Waals surface area contributed by atoms with E-state index in [0.29, 0.717) is 0 Å². The molecule has 6 aromatic carbocycles. The van der Waals surface area contributed by atoms with Crippen LogP contribution in [0.5, 0.6) is 0 Å². The molecule has 0 saturated carbocycles. The van der Waals surface area contributed by atoms with E-state index in [1.807, 2.05) is 45.9 Å². The molecule has 0 unspecified atom stereocenters. The summed E-state index contributed by atoms with van der Waals surface area (Å²) >= 11 is 1.80. The zero-order valence-corrected chi connectivity index (χ0v) is 37.1. The van der Waals surface area contributed by atoms with Crippen molar-refractivity contribution in [2.45, 2.75) is 68.7 Å². The van der Waals surface area contributed by atoms with Gasteiger partial charge in [0.1, 0.15) is 22.5 Å². The highest BCUT2D eigenvalue weighted by molar-refractivity contribution is 7.17. The van der Waals surface area contributed by atoms with Gasteiger partial charge in [0, 0.05) is 36.5 Å². The van der Waals surface area contributed by atoms with Gasteiger partial charge in [0.25, 0.3) is 0 Å². The fourth-order valence-electron chi connectivity index (χ4n) is 7.20. The summed E-state index contributed by atoms with van der Waals surface area (Å²) in [6.07, 6.45) is 12.9. The topological polar surface area (TPSA) is 26.3 Å². The first-order valence-corrected chi connectivity index (χ1v) is 21.1. The molecule has 0 amide bonds. The number of allylic oxidation sites excluding steroid dienone is 1. The molecule has 0 radical (unpaired) electrons. The molecule has 0 N–H and O–H groups in total.